The van der Waals surface area contributed by atoms with Crippen molar-refractivity contribution in [3.05, 3.63) is 75.3 Å². The Balaban J connectivity index is 1.54. The summed E-state index contributed by atoms with van der Waals surface area (Å²) in [6, 6.07) is 11.8. The van der Waals surface area contributed by atoms with E-state index in [0.717, 1.165) is 49.4 Å². The van der Waals surface area contributed by atoms with Gasteiger partial charge in [0.05, 0.1) is 17.3 Å². The molecular weight excluding hydrogens is 417 g/mol. The highest BCUT2D eigenvalue weighted by molar-refractivity contribution is 6.35. The number of para-hydroxylation sites is 1. The molecule has 0 spiro atoms. The molecule has 1 fully saturated rings. The molecule has 1 saturated heterocycles. The van der Waals surface area contributed by atoms with Crippen molar-refractivity contribution in [2.75, 3.05) is 38.5 Å². The number of carbonyl (C=O) groups is 1. The van der Waals surface area contributed by atoms with E-state index in [9.17, 15) is 4.79 Å². The van der Waals surface area contributed by atoms with Gasteiger partial charge in [0.15, 0.2) is 0 Å². The summed E-state index contributed by atoms with van der Waals surface area (Å²) >= 11 is 12.7. The van der Waals surface area contributed by atoms with Gasteiger partial charge in [0, 0.05) is 42.1 Å². The third kappa shape index (κ3) is 3.41. The molecule has 6 heteroatoms. The number of carbonyl (C=O) groups excluding carboxylic acids is 1. The normalized spacial score (nSPS) is 25.6. The van der Waals surface area contributed by atoms with Gasteiger partial charge in [-0.25, -0.2) is 0 Å². The number of benzene rings is 2. The van der Waals surface area contributed by atoms with E-state index >= 15 is 0 Å². The number of nitrogens with one attached hydrogen (secondary N) is 1. The minimum atomic E-state index is 0.0312. The van der Waals surface area contributed by atoms with E-state index < -0.39 is 0 Å². The number of nitrogens with zero attached hydrogens (tertiary/aromatic N) is 2. The fourth-order valence-electron chi connectivity index (χ4n) is 5.04. The van der Waals surface area contributed by atoms with Crippen LogP contribution in [0.2, 0.25) is 10.0 Å². The minimum Gasteiger partial charge on any atom is -0.377 e. The van der Waals surface area contributed by atoms with Gasteiger partial charge in [-0.1, -0.05) is 53.6 Å². The number of anilines is 1. The second-order valence-corrected chi connectivity index (χ2v) is 9.35. The predicted molar refractivity (Wildman–Crippen MR) is 123 cm³/mol. The molecule has 156 valence electrons. The van der Waals surface area contributed by atoms with Crippen LogP contribution in [0.25, 0.3) is 0 Å². The van der Waals surface area contributed by atoms with E-state index in [4.69, 9.17) is 23.2 Å². The number of likely N-dealkylation sites (N-methyl/N-ethyl adjacent to an activating group) is 1. The molecule has 2 heterocycles. The number of amides is 1. The molecule has 0 aromatic heterocycles. The van der Waals surface area contributed by atoms with Crippen molar-refractivity contribution >= 4 is 34.8 Å². The van der Waals surface area contributed by atoms with E-state index in [1.807, 2.05) is 29.2 Å². The molecule has 1 amide bonds. The van der Waals surface area contributed by atoms with E-state index in [2.05, 4.69) is 35.5 Å². The number of hydrogen-bond donors (Lipinski definition) is 1. The van der Waals surface area contributed by atoms with Crippen LogP contribution in [0.15, 0.2) is 48.6 Å². The lowest BCUT2D eigenvalue weighted by molar-refractivity contribution is 0.0664. The molecule has 3 atom stereocenters. The summed E-state index contributed by atoms with van der Waals surface area (Å²) in [6.07, 6.45) is 5.51. The first-order chi connectivity index (χ1) is 14.5. The van der Waals surface area contributed by atoms with Gasteiger partial charge >= 0.3 is 0 Å². The maximum Gasteiger partial charge on any atom is 0.256 e. The molecule has 4 nitrogen and oxygen atoms in total. The molecular formula is C24H25Cl2N3O. The summed E-state index contributed by atoms with van der Waals surface area (Å²) in [4.78, 5) is 17.7. The van der Waals surface area contributed by atoms with Gasteiger partial charge in [0.2, 0.25) is 0 Å². The van der Waals surface area contributed by atoms with Crippen LogP contribution in [0.3, 0.4) is 0 Å². The van der Waals surface area contributed by atoms with E-state index in [-0.39, 0.29) is 17.9 Å². The Morgan fingerprint density at radius 2 is 1.87 bits per heavy atom. The smallest absolute Gasteiger partial charge is 0.256 e. The summed E-state index contributed by atoms with van der Waals surface area (Å²) in [5.74, 6) is 0.747. The zero-order chi connectivity index (χ0) is 20.8. The molecule has 2 aliphatic heterocycles. The largest absolute Gasteiger partial charge is 0.377 e. The van der Waals surface area contributed by atoms with Crippen LogP contribution in [0.5, 0.6) is 0 Å². The zero-order valence-electron chi connectivity index (χ0n) is 16.9. The van der Waals surface area contributed by atoms with Gasteiger partial charge in [0.25, 0.3) is 5.91 Å². The van der Waals surface area contributed by atoms with E-state index in [1.54, 1.807) is 6.07 Å². The molecule has 3 aliphatic rings. The summed E-state index contributed by atoms with van der Waals surface area (Å²) < 4.78 is 0. The molecule has 5 rings (SSSR count). The lowest BCUT2D eigenvalue weighted by Gasteiger charge is -2.39. The monoisotopic (exact) mass is 441 g/mol. The average molecular weight is 442 g/mol. The van der Waals surface area contributed by atoms with Crippen LogP contribution < -0.4 is 5.32 Å². The van der Waals surface area contributed by atoms with Crippen LogP contribution in [0, 0.1) is 5.92 Å². The standard InChI is InChI=1S/C24H25Cl2N3O/c1-28-10-12-29(13-11-28)24(30)20-7-3-6-18-16-4-2-5-17(16)22(27-23(18)20)19-9-8-15(25)14-21(19)26/h2-4,6-9,14,16-17,22,27H,5,10-13H2,1H3. The number of hydrogen-bond acceptors (Lipinski definition) is 3. The maximum atomic E-state index is 13.4. The number of piperazine rings is 1. The third-order valence-corrected chi connectivity index (χ3v) is 7.28. The second-order valence-electron chi connectivity index (χ2n) is 8.51. The molecule has 3 unspecified atom stereocenters. The Morgan fingerprint density at radius 1 is 1.07 bits per heavy atom. The number of fused-ring (bicyclic) bond motifs is 3. The van der Waals surface area contributed by atoms with Crippen LogP contribution in [0.1, 0.15) is 39.9 Å². The molecule has 2 aromatic carbocycles. The lowest BCUT2D eigenvalue weighted by Crippen LogP contribution is -2.47. The molecule has 1 N–H and O–H groups in total. The summed E-state index contributed by atoms with van der Waals surface area (Å²) in [6.45, 7) is 3.34. The van der Waals surface area contributed by atoms with Crippen molar-refractivity contribution in [3.63, 3.8) is 0 Å². The highest BCUT2D eigenvalue weighted by atomic mass is 35.5. The summed E-state index contributed by atoms with van der Waals surface area (Å²) in [5, 5.41) is 5.01. The predicted octanol–water partition coefficient (Wildman–Crippen LogP) is 5.21. The highest BCUT2D eigenvalue weighted by Crippen LogP contribution is 2.51. The van der Waals surface area contributed by atoms with Crippen molar-refractivity contribution in [3.8, 4) is 0 Å². The average Bonchev–Trinajstić information content (AvgIpc) is 3.23. The fraction of sp³-hybridized carbons (Fsp3) is 0.375. The van der Waals surface area contributed by atoms with Gasteiger partial charge in [-0.3, -0.25) is 4.79 Å². The van der Waals surface area contributed by atoms with E-state index in [1.165, 1.54) is 5.56 Å². The Kier molecular flexibility index (Phi) is 5.26. The van der Waals surface area contributed by atoms with Crippen molar-refractivity contribution in [2.45, 2.75) is 18.4 Å². The first-order valence-electron chi connectivity index (χ1n) is 10.5. The second kappa shape index (κ2) is 7.92. The minimum absolute atomic E-state index is 0.0312. The van der Waals surface area contributed by atoms with Crippen molar-refractivity contribution in [1.82, 2.24) is 9.80 Å². The van der Waals surface area contributed by atoms with Crippen LogP contribution in [-0.4, -0.2) is 48.9 Å². The molecule has 0 saturated carbocycles. The van der Waals surface area contributed by atoms with Crippen molar-refractivity contribution < 1.29 is 4.79 Å². The number of halogens is 2. The van der Waals surface area contributed by atoms with Gasteiger partial charge in [-0.2, -0.15) is 0 Å². The van der Waals surface area contributed by atoms with Gasteiger partial charge < -0.3 is 15.1 Å². The van der Waals surface area contributed by atoms with E-state index in [0.29, 0.717) is 16.0 Å². The van der Waals surface area contributed by atoms with Crippen molar-refractivity contribution in [1.29, 1.82) is 0 Å². The van der Waals surface area contributed by atoms with Gasteiger partial charge in [-0.15, -0.1) is 0 Å². The fourth-order valence-corrected chi connectivity index (χ4v) is 5.57. The Bertz CT molecular complexity index is 1010. The Morgan fingerprint density at radius 3 is 2.63 bits per heavy atom. The zero-order valence-corrected chi connectivity index (χ0v) is 18.5. The van der Waals surface area contributed by atoms with Crippen LogP contribution >= 0.6 is 23.2 Å². The molecule has 1 aliphatic carbocycles. The molecule has 2 aromatic rings. The third-order valence-electron chi connectivity index (χ3n) is 6.72. The molecule has 0 radical (unpaired) electrons. The lowest BCUT2D eigenvalue weighted by atomic mass is 9.76. The van der Waals surface area contributed by atoms with Crippen LogP contribution in [-0.2, 0) is 0 Å². The Labute approximate surface area is 187 Å². The number of rotatable bonds is 2. The first-order valence-corrected chi connectivity index (χ1v) is 11.3. The van der Waals surface area contributed by atoms with Gasteiger partial charge in [-0.05, 0) is 48.7 Å². The summed E-state index contributed by atoms with van der Waals surface area (Å²) in [7, 11) is 2.10. The quantitative estimate of drug-likeness (QED) is 0.649. The highest BCUT2D eigenvalue weighted by Gasteiger charge is 2.40. The molecule has 0 bridgehead atoms. The van der Waals surface area contributed by atoms with Crippen molar-refractivity contribution in [2.24, 2.45) is 5.92 Å². The number of allylic oxidation sites excluding steroid dienone is 2. The summed E-state index contributed by atoms with van der Waals surface area (Å²) in [5.41, 5.74) is 3.94. The van der Waals surface area contributed by atoms with Crippen LogP contribution in [0.4, 0.5) is 5.69 Å². The SMILES string of the molecule is CN1CCN(C(=O)c2cccc3c2NC(c2ccc(Cl)cc2Cl)C2CC=CC32)CC1. The van der Waals surface area contributed by atoms with Gasteiger partial charge in [0.1, 0.15) is 0 Å². The topological polar surface area (TPSA) is 35.6 Å². The Hall–Kier alpha value is -2.01. The maximum absolute atomic E-state index is 13.4. The molecule has 30 heavy (non-hydrogen) atoms. The first kappa shape index (κ1) is 19.9.